The molecule has 4 aromatic rings. The maximum absolute atomic E-state index is 14.2. The first-order valence-electron chi connectivity index (χ1n) is 11.7. The topological polar surface area (TPSA) is 112 Å². The van der Waals surface area contributed by atoms with Gasteiger partial charge in [-0.2, -0.15) is 0 Å². The number of halogens is 2. The number of aliphatic hydroxyl groups is 1. The summed E-state index contributed by atoms with van der Waals surface area (Å²) in [5, 5.41) is 10.5. The molecule has 0 aromatic carbocycles. The van der Waals surface area contributed by atoms with E-state index in [0.29, 0.717) is 28.3 Å². The number of rotatable bonds is 8. The number of aromatic nitrogens is 5. The molecule has 0 fully saturated rings. The van der Waals surface area contributed by atoms with Gasteiger partial charge in [0.2, 0.25) is 0 Å². The van der Waals surface area contributed by atoms with Crippen LogP contribution in [0.25, 0.3) is 17.1 Å². The monoisotopic (exact) mass is 539 g/mol. The number of hydrogen-bond acceptors (Lipinski definition) is 8. The van der Waals surface area contributed by atoms with Crippen LogP contribution >= 0.6 is 11.6 Å². The summed E-state index contributed by atoms with van der Waals surface area (Å²) in [4.78, 5) is 30.5. The third kappa shape index (κ3) is 5.57. The molecule has 4 rings (SSSR count). The second-order valence-electron chi connectivity index (χ2n) is 9.16. The SMILES string of the molecule is COCC(C)(O)c1nccc(-c2cc(-n3c(C)cc(OCc4ncc(C)cc4F)c(Cl)c3=O)c(C)cn2)n1. The van der Waals surface area contributed by atoms with Crippen LogP contribution in [0.2, 0.25) is 5.02 Å². The molecule has 0 saturated heterocycles. The van der Waals surface area contributed by atoms with Crippen molar-refractivity contribution in [2.45, 2.75) is 39.9 Å². The van der Waals surface area contributed by atoms with Gasteiger partial charge in [-0.05, 0) is 57.0 Å². The lowest BCUT2D eigenvalue weighted by atomic mass is 10.1. The highest BCUT2D eigenvalue weighted by Crippen LogP contribution is 2.28. The number of aryl methyl sites for hydroxylation is 3. The zero-order valence-electron chi connectivity index (χ0n) is 21.6. The van der Waals surface area contributed by atoms with Crippen LogP contribution in [0.3, 0.4) is 0 Å². The number of nitrogens with zero attached hydrogens (tertiary/aromatic N) is 5. The van der Waals surface area contributed by atoms with E-state index in [2.05, 4.69) is 19.9 Å². The molecule has 9 nitrogen and oxygen atoms in total. The molecule has 0 aliphatic heterocycles. The van der Waals surface area contributed by atoms with E-state index < -0.39 is 17.0 Å². The molecule has 0 spiro atoms. The Balaban J connectivity index is 1.70. The van der Waals surface area contributed by atoms with Gasteiger partial charge < -0.3 is 14.6 Å². The fourth-order valence-corrected chi connectivity index (χ4v) is 4.09. The maximum Gasteiger partial charge on any atom is 0.277 e. The van der Waals surface area contributed by atoms with Gasteiger partial charge in [0.25, 0.3) is 5.56 Å². The molecular weight excluding hydrogens is 513 g/mol. The molecule has 0 amide bonds. The van der Waals surface area contributed by atoms with Crippen molar-refractivity contribution in [3.8, 4) is 22.8 Å². The highest BCUT2D eigenvalue weighted by atomic mass is 35.5. The number of hydrogen-bond donors (Lipinski definition) is 1. The molecule has 1 N–H and O–H groups in total. The Hall–Kier alpha value is -3.73. The lowest BCUT2D eigenvalue weighted by Gasteiger charge is -2.21. The second-order valence-corrected chi connectivity index (χ2v) is 9.54. The highest BCUT2D eigenvalue weighted by Gasteiger charge is 2.27. The largest absolute Gasteiger partial charge is 0.485 e. The number of methoxy groups -OCH3 is 1. The third-order valence-corrected chi connectivity index (χ3v) is 6.21. The molecule has 1 atom stereocenters. The zero-order valence-corrected chi connectivity index (χ0v) is 22.4. The minimum atomic E-state index is -1.40. The molecule has 0 saturated carbocycles. The Morgan fingerprint density at radius 1 is 1.11 bits per heavy atom. The van der Waals surface area contributed by atoms with Crippen LogP contribution in [-0.2, 0) is 16.9 Å². The third-order valence-electron chi connectivity index (χ3n) is 5.86. The predicted octanol–water partition coefficient (Wildman–Crippen LogP) is 4.24. The Morgan fingerprint density at radius 3 is 2.58 bits per heavy atom. The van der Waals surface area contributed by atoms with E-state index in [1.165, 1.54) is 30.1 Å². The van der Waals surface area contributed by atoms with Gasteiger partial charge in [0.15, 0.2) is 5.82 Å². The van der Waals surface area contributed by atoms with Gasteiger partial charge >= 0.3 is 0 Å². The van der Waals surface area contributed by atoms with Crippen molar-refractivity contribution >= 4 is 11.6 Å². The molecule has 11 heteroatoms. The van der Waals surface area contributed by atoms with E-state index in [4.69, 9.17) is 21.1 Å². The van der Waals surface area contributed by atoms with Gasteiger partial charge in [0.05, 0.1) is 23.7 Å². The molecule has 1 unspecified atom stereocenters. The van der Waals surface area contributed by atoms with Crippen molar-refractivity contribution in [2.24, 2.45) is 0 Å². The average Bonchev–Trinajstić information content (AvgIpc) is 2.87. The molecule has 0 bridgehead atoms. The van der Waals surface area contributed by atoms with Crippen LogP contribution in [0.1, 0.15) is 35.3 Å². The van der Waals surface area contributed by atoms with Crippen LogP contribution in [0.4, 0.5) is 4.39 Å². The van der Waals surface area contributed by atoms with Crippen molar-refractivity contribution in [1.82, 2.24) is 24.5 Å². The summed E-state index contributed by atoms with van der Waals surface area (Å²) in [6, 6.07) is 6.34. The lowest BCUT2D eigenvalue weighted by Crippen LogP contribution is -2.29. The predicted molar refractivity (Wildman–Crippen MR) is 140 cm³/mol. The van der Waals surface area contributed by atoms with Gasteiger partial charge in [-0.1, -0.05) is 11.6 Å². The van der Waals surface area contributed by atoms with Gasteiger partial charge in [0.1, 0.15) is 34.5 Å². The van der Waals surface area contributed by atoms with E-state index >= 15 is 0 Å². The summed E-state index contributed by atoms with van der Waals surface area (Å²) < 4.78 is 26.4. The molecule has 198 valence electrons. The maximum atomic E-state index is 14.2. The van der Waals surface area contributed by atoms with E-state index in [-0.39, 0.29) is 35.5 Å². The standard InChI is InChI=1S/C27H27ClFN5O4/c1-15-8-18(29)21(31-11-15)13-38-23-9-17(3)34(25(35)24(23)28)22-10-20(32-12-16(22)2)19-6-7-30-26(33-19)27(4,36)14-37-5/h6-12,36H,13-14H2,1-5H3. The summed E-state index contributed by atoms with van der Waals surface area (Å²) in [6.07, 6.45) is 4.68. The van der Waals surface area contributed by atoms with Crippen LogP contribution < -0.4 is 10.3 Å². The second kappa shape index (κ2) is 10.9. The van der Waals surface area contributed by atoms with Gasteiger partial charge in [-0.3, -0.25) is 19.3 Å². The molecule has 0 radical (unpaired) electrons. The minimum absolute atomic E-state index is 0.0111. The Bertz CT molecular complexity index is 1560. The number of ether oxygens (including phenoxy) is 2. The fourth-order valence-electron chi connectivity index (χ4n) is 3.90. The van der Waals surface area contributed by atoms with Crippen molar-refractivity contribution in [1.29, 1.82) is 0 Å². The van der Waals surface area contributed by atoms with Crippen molar-refractivity contribution in [3.05, 3.63) is 92.4 Å². The fraction of sp³-hybridized carbons (Fsp3) is 0.296. The summed E-state index contributed by atoms with van der Waals surface area (Å²) in [5.74, 6) is -0.194. The van der Waals surface area contributed by atoms with Crippen LogP contribution in [0, 0.1) is 26.6 Å². The van der Waals surface area contributed by atoms with Crippen LogP contribution in [-0.4, -0.2) is 43.3 Å². The van der Waals surface area contributed by atoms with E-state index in [0.717, 1.165) is 5.56 Å². The molecular formula is C27H27ClFN5O4. The first kappa shape index (κ1) is 27.3. The van der Waals surface area contributed by atoms with Crippen molar-refractivity contribution in [2.75, 3.05) is 13.7 Å². The summed E-state index contributed by atoms with van der Waals surface area (Å²) in [6.45, 7) is 6.67. The Morgan fingerprint density at radius 2 is 1.87 bits per heavy atom. The van der Waals surface area contributed by atoms with Gasteiger partial charge in [-0.25, -0.2) is 14.4 Å². The molecule has 38 heavy (non-hydrogen) atoms. The minimum Gasteiger partial charge on any atom is -0.485 e. The summed E-state index contributed by atoms with van der Waals surface area (Å²) >= 11 is 6.41. The first-order valence-corrected chi connectivity index (χ1v) is 12.1. The van der Waals surface area contributed by atoms with Crippen molar-refractivity contribution < 1.29 is 19.0 Å². The van der Waals surface area contributed by atoms with Crippen molar-refractivity contribution in [3.63, 3.8) is 0 Å². The van der Waals surface area contributed by atoms with E-state index in [1.807, 2.05) is 6.92 Å². The Kier molecular flexibility index (Phi) is 7.86. The molecule has 0 aliphatic rings. The quantitative estimate of drug-likeness (QED) is 0.354. The summed E-state index contributed by atoms with van der Waals surface area (Å²) in [5.41, 5.74) is 1.61. The Labute approximate surface area is 223 Å². The first-order chi connectivity index (χ1) is 18.0. The summed E-state index contributed by atoms with van der Waals surface area (Å²) in [7, 11) is 1.48. The smallest absolute Gasteiger partial charge is 0.277 e. The average molecular weight is 540 g/mol. The number of pyridine rings is 3. The lowest BCUT2D eigenvalue weighted by molar-refractivity contribution is -0.0273. The molecule has 0 aliphatic carbocycles. The highest BCUT2D eigenvalue weighted by molar-refractivity contribution is 6.31. The zero-order chi connectivity index (χ0) is 27.6. The normalized spacial score (nSPS) is 12.8. The molecule has 4 heterocycles. The van der Waals surface area contributed by atoms with E-state index in [1.54, 1.807) is 45.2 Å². The van der Waals surface area contributed by atoms with Gasteiger partial charge in [-0.15, -0.1) is 0 Å². The molecule has 4 aromatic heterocycles. The van der Waals surface area contributed by atoms with E-state index in [9.17, 15) is 14.3 Å². The van der Waals surface area contributed by atoms with Gasteiger partial charge in [0, 0.05) is 37.5 Å². The van der Waals surface area contributed by atoms with Crippen LogP contribution in [0.5, 0.6) is 5.75 Å². The van der Waals surface area contributed by atoms with Crippen LogP contribution in [0.15, 0.2) is 47.7 Å².